The van der Waals surface area contributed by atoms with Crippen molar-refractivity contribution in [2.75, 3.05) is 12.3 Å². The Bertz CT molecular complexity index is 1320. The SMILES string of the molecule is CCOc1nc(N)nc(-c2ccc(F)cc2)c1-c1cc(C)nc(C(F)F)c1.O=CNCc1ccccc1. The van der Waals surface area contributed by atoms with Gasteiger partial charge in [-0.25, -0.2) is 18.2 Å². The maximum absolute atomic E-state index is 13.3. The Hall–Kier alpha value is -4.47. The van der Waals surface area contributed by atoms with E-state index >= 15 is 0 Å². The van der Waals surface area contributed by atoms with Crippen LogP contribution in [0.5, 0.6) is 5.88 Å². The molecule has 1 amide bonds. The Balaban J connectivity index is 0.000000319. The quantitative estimate of drug-likeness (QED) is 0.304. The number of nitrogen functional groups attached to an aromatic ring is 1. The second kappa shape index (κ2) is 13.0. The summed E-state index contributed by atoms with van der Waals surface area (Å²) in [6, 6.07) is 18.3. The Kier molecular flexibility index (Phi) is 9.54. The van der Waals surface area contributed by atoms with E-state index in [-0.39, 0.29) is 24.1 Å². The Morgan fingerprint density at radius 3 is 2.32 bits per heavy atom. The maximum atomic E-state index is 13.3. The monoisotopic (exact) mass is 509 g/mol. The van der Waals surface area contributed by atoms with Crippen molar-refractivity contribution in [1.82, 2.24) is 20.3 Å². The Labute approximate surface area is 212 Å². The number of pyridine rings is 1. The minimum atomic E-state index is -2.73. The van der Waals surface area contributed by atoms with E-state index in [4.69, 9.17) is 10.5 Å². The predicted molar refractivity (Wildman–Crippen MR) is 135 cm³/mol. The van der Waals surface area contributed by atoms with Gasteiger partial charge in [0.2, 0.25) is 18.2 Å². The molecule has 2 aromatic heterocycles. The third kappa shape index (κ3) is 7.50. The number of carbonyl (C=O) groups is 1. The second-order valence-electron chi connectivity index (χ2n) is 7.76. The number of anilines is 1. The van der Waals surface area contributed by atoms with Crippen molar-refractivity contribution in [2.45, 2.75) is 26.8 Å². The van der Waals surface area contributed by atoms with Gasteiger partial charge in [-0.15, -0.1) is 0 Å². The van der Waals surface area contributed by atoms with Gasteiger partial charge in [0.15, 0.2) is 0 Å². The lowest BCUT2D eigenvalue weighted by atomic mass is 9.99. The smallest absolute Gasteiger partial charge is 0.280 e. The summed E-state index contributed by atoms with van der Waals surface area (Å²) in [4.78, 5) is 22.1. The lowest BCUT2D eigenvalue weighted by Gasteiger charge is -2.16. The number of nitrogens with one attached hydrogen (secondary N) is 1. The van der Waals surface area contributed by atoms with Gasteiger partial charge in [0.1, 0.15) is 11.5 Å². The molecule has 3 N–H and O–H groups in total. The average Bonchev–Trinajstić information content (AvgIpc) is 2.88. The van der Waals surface area contributed by atoms with Crippen molar-refractivity contribution in [3.63, 3.8) is 0 Å². The number of hydrogen-bond donors (Lipinski definition) is 2. The fourth-order valence-electron chi connectivity index (χ4n) is 3.48. The largest absolute Gasteiger partial charge is 0.477 e. The van der Waals surface area contributed by atoms with Crippen LogP contribution in [-0.2, 0) is 11.3 Å². The van der Waals surface area contributed by atoms with E-state index in [1.165, 1.54) is 30.3 Å². The van der Waals surface area contributed by atoms with Crippen LogP contribution in [0.3, 0.4) is 0 Å². The minimum absolute atomic E-state index is 0.0404. The molecule has 0 bridgehead atoms. The van der Waals surface area contributed by atoms with E-state index in [1.54, 1.807) is 19.9 Å². The number of benzene rings is 2. The topological polar surface area (TPSA) is 103 Å². The molecule has 0 saturated carbocycles. The molecule has 37 heavy (non-hydrogen) atoms. The molecule has 0 atom stereocenters. The number of halogens is 3. The molecule has 2 aromatic carbocycles. The highest BCUT2D eigenvalue weighted by Crippen LogP contribution is 2.39. The normalized spacial score (nSPS) is 10.4. The van der Waals surface area contributed by atoms with E-state index in [1.807, 2.05) is 30.3 Å². The number of nitrogens with zero attached hydrogens (tertiary/aromatic N) is 3. The molecule has 2 heterocycles. The van der Waals surface area contributed by atoms with E-state index < -0.39 is 12.2 Å². The van der Waals surface area contributed by atoms with E-state index in [0.717, 1.165) is 5.56 Å². The van der Waals surface area contributed by atoms with Gasteiger partial charge in [0, 0.05) is 17.8 Å². The molecule has 4 rings (SSSR count). The number of aromatic nitrogens is 3. The summed E-state index contributed by atoms with van der Waals surface area (Å²) < 4.78 is 45.4. The van der Waals surface area contributed by atoms with Gasteiger partial charge in [0.25, 0.3) is 6.43 Å². The summed E-state index contributed by atoms with van der Waals surface area (Å²) in [6.45, 7) is 4.29. The molecule has 10 heteroatoms. The summed E-state index contributed by atoms with van der Waals surface area (Å²) in [5, 5.41) is 2.58. The fraction of sp³-hybridized carbons (Fsp3) is 0.185. The zero-order valence-electron chi connectivity index (χ0n) is 20.3. The number of carbonyl (C=O) groups excluding carboxylic acids is 1. The molecular formula is C27H26F3N5O2. The number of ether oxygens (including phenoxy) is 1. The molecule has 0 radical (unpaired) electrons. The van der Waals surface area contributed by atoms with Crippen molar-refractivity contribution < 1.29 is 22.7 Å². The summed E-state index contributed by atoms with van der Waals surface area (Å²) in [7, 11) is 0. The molecule has 4 aromatic rings. The molecule has 0 spiro atoms. The summed E-state index contributed by atoms with van der Waals surface area (Å²) >= 11 is 0. The van der Waals surface area contributed by atoms with E-state index in [0.29, 0.717) is 41.0 Å². The van der Waals surface area contributed by atoms with Gasteiger partial charge in [0.05, 0.1) is 17.9 Å². The van der Waals surface area contributed by atoms with E-state index in [2.05, 4.69) is 20.3 Å². The van der Waals surface area contributed by atoms with Crippen LogP contribution >= 0.6 is 0 Å². The Morgan fingerprint density at radius 1 is 1.00 bits per heavy atom. The molecule has 0 aliphatic carbocycles. The zero-order chi connectivity index (χ0) is 26.8. The van der Waals surface area contributed by atoms with Crippen LogP contribution in [0.4, 0.5) is 19.1 Å². The zero-order valence-corrected chi connectivity index (χ0v) is 20.3. The molecular weight excluding hydrogens is 483 g/mol. The number of nitrogens with two attached hydrogens (primary N) is 1. The van der Waals surface area contributed by atoms with Crippen molar-refractivity contribution in [1.29, 1.82) is 0 Å². The van der Waals surface area contributed by atoms with Crippen molar-refractivity contribution in [3.05, 3.63) is 89.5 Å². The van der Waals surface area contributed by atoms with Crippen molar-refractivity contribution in [2.24, 2.45) is 0 Å². The number of amides is 1. The second-order valence-corrected chi connectivity index (χ2v) is 7.76. The van der Waals surface area contributed by atoms with Crippen molar-refractivity contribution in [3.8, 4) is 28.3 Å². The number of hydrogen-bond acceptors (Lipinski definition) is 6. The van der Waals surface area contributed by atoms with Gasteiger partial charge < -0.3 is 15.8 Å². The van der Waals surface area contributed by atoms with Gasteiger partial charge in [-0.3, -0.25) is 9.78 Å². The van der Waals surface area contributed by atoms with E-state index in [9.17, 15) is 18.0 Å². The molecule has 0 aliphatic rings. The van der Waals surface area contributed by atoms with Crippen LogP contribution < -0.4 is 15.8 Å². The highest BCUT2D eigenvalue weighted by Gasteiger charge is 2.21. The van der Waals surface area contributed by atoms with Gasteiger partial charge >= 0.3 is 0 Å². The van der Waals surface area contributed by atoms with Crippen LogP contribution in [-0.4, -0.2) is 28.0 Å². The van der Waals surface area contributed by atoms with Crippen molar-refractivity contribution >= 4 is 12.4 Å². The summed E-state index contributed by atoms with van der Waals surface area (Å²) in [6.07, 6.45) is -2.03. The lowest BCUT2D eigenvalue weighted by Crippen LogP contribution is -2.09. The molecule has 0 saturated heterocycles. The Morgan fingerprint density at radius 2 is 1.70 bits per heavy atom. The number of rotatable bonds is 8. The van der Waals surface area contributed by atoms with Gasteiger partial charge in [-0.1, -0.05) is 30.3 Å². The van der Waals surface area contributed by atoms with Gasteiger partial charge in [-0.05, 0) is 61.4 Å². The molecule has 0 aliphatic heterocycles. The molecule has 192 valence electrons. The first kappa shape index (κ1) is 27.1. The fourth-order valence-corrected chi connectivity index (χ4v) is 3.48. The first-order valence-electron chi connectivity index (χ1n) is 11.4. The first-order chi connectivity index (χ1) is 17.8. The first-order valence-corrected chi connectivity index (χ1v) is 11.4. The third-order valence-electron chi connectivity index (χ3n) is 5.01. The molecule has 7 nitrogen and oxygen atoms in total. The van der Waals surface area contributed by atoms with Crippen LogP contribution in [0.15, 0.2) is 66.7 Å². The van der Waals surface area contributed by atoms with Crippen LogP contribution in [0.2, 0.25) is 0 Å². The van der Waals surface area contributed by atoms with Crippen LogP contribution in [0, 0.1) is 12.7 Å². The summed E-state index contributed by atoms with van der Waals surface area (Å²) in [5.74, 6) is -0.288. The molecule has 0 fully saturated rings. The molecule has 0 unspecified atom stereocenters. The predicted octanol–water partition coefficient (Wildman–Crippen LogP) is 5.50. The third-order valence-corrected chi connectivity index (χ3v) is 5.01. The number of alkyl halides is 2. The highest BCUT2D eigenvalue weighted by molar-refractivity contribution is 5.85. The highest BCUT2D eigenvalue weighted by atomic mass is 19.3. The maximum Gasteiger partial charge on any atom is 0.280 e. The standard InChI is InChI=1S/C19H17F3N4O.C8H9NO/c1-3-27-18-15(12-8-10(2)24-14(9-12)17(21)22)16(25-19(23)26-18)11-4-6-13(20)7-5-11;10-7-9-6-8-4-2-1-3-5-8/h4-9,17H,3H2,1-2H3,(H2,23,25,26);1-5,7H,6H2,(H,9,10). The van der Waals surface area contributed by atoms with Gasteiger partial charge in [-0.2, -0.15) is 4.98 Å². The summed E-state index contributed by atoms with van der Waals surface area (Å²) in [5.41, 5.74) is 8.69. The minimum Gasteiger partial charge on any atom is -0.477 e. The average molecular weight is 510 g/mol. The lowest BCUT2D eigenvalue weighted by molar-refractivity contribution is -0.109. The van der Waals surface area contributed by atoms with Crippen LogP contribution in [0.1, 0.15) is 30.3 Å². The number of aryl methyl sites for hydroxylation is 1. The van der Waals surface area contributed by atoms with Crippen LogP contribution in [0.25, 0.3) is 22.4 Å².